The predicted octanol–water partition coefficient (Wildman–Crippen LogP) is 2.91. The lowest BCUT2D eigenvalue weighted by atomic mass is 9.73. The SMILES string of the molecule is CCCCN1C[C@]2(CCCN(Cc3nccn3CC)C2)CCC1=O. The molecule has 2 aliphatic heterocycles. The molecule has 5 nitrogen and oxygen atoms in total. The number of carbonyl (C=O) groups is 1. The van der Waals surface area contributed by atoms with Gasteiger partial charge in [0.1, 0.15) is 5.82 Å². The molecule has 0 N–H and O–H groups in total. The van der Waals surface area contributed by atoms with Crippen molar-refractivity contribution in [2.45, 2.75) is 65.5 Å². The first-order valence-corrected chi connectivity index (χ1v) is 9.66. The summed E-state index contributed by atoms with van der Waals surface area (Å²) in [6, 6.07) is 0. The van der Waals surface area contributed by atoms with Gasteiger partial charge < -0.3 is 9.47 Å². The van der Waals surface area contributed by atoms with Crippen molar-refractivity contribution in [3.63, 3.8) is 0 Å². The first kappa shape index (κ1) is 17.5. The van der Waals surface area contributed by atoms with Crippen LogP contribution < -0.4 is 0 Å². The fraction of sp³-hybridized carbons (Fsp3) is 0.789. The van der Waals surface area contributed by atoms with E-state index in [1.54, 1.807) is 0 Å². The molecule has 0 aliphatic carbocycles. The van der Waals surface area contributed by atoms with Crippen molar-refractivity contribution in [1.82, 2.24) is 19.4 Å². The molecule has 3 rings (SSSR count). The van der Waals surface area contributed by atoms with Crippen molar-refractivity contribution in [2.75, 3.05) is 26.2 Å². The fourth-order valence-electron chi connectivity index (χ4n) is 4.41. The van der Waals surface area contributed by atoms with Gasteiger partial charge in [0, 0.05) is 50.4 Å². The quantitative estimate of drug-likeness (QED) is 0.804. The molecule has 0 saturated carbocycles. The van der Waals surface area contributed by atoms with Gasteiger partial charge >= 0.3 is 0 Å². The summed E-state index contributed by atoms with van der Waals surface area (Å²) in [7, 11) is 0. The minimum absolute atomic E-state index is 0.309. The van der Waals surface area contributed by atoms with E-state index < -0.39 is 0 Å². The van der Waals surface area contributed by atoms with Crippen LogP contribution in [0.3, 0.4) is 0 Å². The lowest BCUT2D eigenvalue weighted by Crippen LogP contribution is -2.54. The van der Waals surface area contributed by atoms with Crippen molar-refractivity contribution < 1.29 is 4.79 Å². The summed E-state index contributed by atoms with van der Waals surface area (Å²) >= 11 is 0. The third kappa shape index (κ3) is 3.82. The van der Waals surface area contributed by atoms with E-state index in [1.165, 1.54) is 18.7 Å². The summed E-state index contributed by atoms with van der Waals surface area (Å²) in [5.41, 5.74) is 0.309. The van der Waals surface area contributed by atoms with Gasteiger partial charge in [-0.05, 0) is 39.2 Å². The van der Waals surface area contributed by atoms with Crippen LogP contribution in [0.25, 0.3) is 0 Å². The Morgan fingerprint density at radius 3 is 2.92 bits per heavy atom. The van der Waals surface area contributed by atoms with Crippen LogP contribution in [0.1, 0.15) is 58.2 Å². The number of unbranched alkanes of at least 4 members (excludes halogenated alkanes) is 1. The highest BCUT2D eigenvalue weighted by Gasteiger charge is 2.41. The van der Waals surface area contributed by atoms with Crippen molar-refractivity contribution in [2.24, 2.45) is 5.41 Å². The molecule has 0 radical (unpaired) electrons. The second-order valence-corrected chi connectivity index (χ2v) is 7.61. The summed E-state index contributed by atoms with van der Waals surface area (Å²) in [5.74, 6) is 1.54. The third-order valence-electron chi connectivity index (χ3n) is 5.78. The molecule has 0 bridgehead atoms. The van der Waals surface area contributed by atoms with E-state index in [-0.39, 0.29) is 0 Å². The maximum Gasteiger partial charge on any atom is 0.222 e. The van der Waals surface area contributed by atoms with Crippen LogP contribution in [0.15, 0.2) is 12.4 Å². The van der Waals surface area contributed by atoms with Crippen LogP contribution >= 0.6 is 0 Å². The number of hydrogen-bond acceptors (Lipinski definition) is 3. The maximum atomic E-state index is 12.2. The van der Waals surface area contributed by atoms with E-state index in [4.69, 9.17) is 0 Å². The van der Waals surface area contributed by atoms with E-state index in [0.717, 1.165) is 65.0 Å². The Morgan fingerprint density at radius 1 is 1.25 bits per heavy atom. The van der Waals surface area contributed by atoms with Crippen LogP contribution in [-0.4, -0.2) is 51.4 Å². The average molecular weight is 332 g/mol. The van der Waals surface area contributed by atoms with Gasteiger partial charge in [0.25, 0.3) is 0 Å². The zero-order valence-corrected chi connectivity index (χ0v) is 15.3. The van der Waals surface area contributed by atoms with E-state index in [9.17, 15) is 4.79 Å². The van der Waals surface area contributed by atoms with Crippen molar-refractivity contribution in [1.29, 1.82) is 0 Å². The summed E-state index contributed by atoms with van der Waals surface area (Å²) in [6.45, 7) is 10.4. The van der Waals surface area contributed by atoms with Gasteiger partial charge in [0.15, 0.2) is 0 Å². The molecule has 5 heteroatoms. The normalized spacial score (nSPS) is 25.6. The Labute approximate surface area is 146 Å². The summed E-state index contributed by atoms with van der Waals surface area (Å²) in [5, 5.41) is 0. The lowest BCUT2D eigenvalue weighted by Gasteiger charge is -2.48. The van der Waals surface area contributed by atoms with Crippen LogP contribution in [-0.2, 0) is 17.9 Å². The highest BCUT2D eigenvalue weighted by molar-refractivity contribution is 5.77. The second-order valence-electron chi connectivity index (χ2n) is 7.61. The summed E-state index contributed by atoms with van der Waals surface area (Å²) in [4.78, 5) is 21.5. The van der Waals surface area contributed by atoms with Gasteiger partial charge in [0.2, 0.25) is 5.91 Å². The topological polar surface area (TPSA) is 41.4 Å². The zero-order chi connectivity index (χ0) is 17.0. The third-order valence-corrected chi connectivity index (χ3v) is 5.78. The molecule has 1 spiro atoms. The van der Waals surface area contributed by atoms with Gasteiger partial charge in [-0.3, -0.25) is 9.69 Å². The molecule has 24 heavy (non-hydrogen) atoms. The molecular weight excluding hydrogens is 300 g/mol. The van der Waals surface area contributed by atoms with E-state index in [2.05, 4.69) is 39.4 Å². The molecule has 0 aromatic carbocycles. The first-order valence-electron chi connectivity index (χ1n) is 9.66. The van der Waals surface area contributed by atoms with Crippen molar-refractivity contribution in [3.8, 4) is 0 Å². The number of aryl methyl sites for hydroxylation is 1. The largest absolute Gasteiger partial charge is 0.342 e. The summed E-state index contributed by atoms with van der Waals surface area (Å²) in [6.07, 6.45) is 10.6. The van der Waals surface area contributed by atoms with Gasteiger partial charge in [-0.1, -0.05) is 13.3 Å². The van der Waals surface area contributed by atoms with Crippen LogP contribution in [0.4, 0.5) is 0 Å². The number of piperidine rings is 2. The molecule has 2 aliphatic rings. The highest BCUT2D eigenvalue weighted by Crippen LogP contribution is 2.39. The number of aromatic nitrogens is 2. The number of hydrogen-bond donors (Lipinski definition) is 0. The Bertz CT molecular complexity index is 555. The van der Waals surface area contributed by atoms with E-state index >= 15 is 0 Å². The molecule has 3 heterocycles. The monoisotopic (exact) mass is 332 g/mol. The number of nitrogens with zero attached hydrogens (tertiary/aromatic N) is 4. The molecule has 1 atom stereocenters. The molecule has 0 unspecified atom stereocenters. The van der Waals surface area contributed by atoms with Gasteiger partial charge in [-0.15, -0.1) is 0 Å². The van der Waals surface area contributed by atoms with Gasteiger partial charge in [-0.2, -0.15) is 0 Å². The number of rotatable bonds is 6. The second kappa shape index (κ2) is 7.68. The predicted molar refractivity (Wildman–Crippen MR) is 95.6 cm³/mol. The molecule has 134 valence electrons. The van der Waals surface area contributed by atoms with Crippen molar-refractivity contribution in [3.05, 3.63) is 18.2 Å². The Kier molecular flexibility index (Phi) is 5.59. The standard InChI is InChI=1S/C19H32N4O/c1-3-5-12-23-16-19(9-7-18(23)24)8-6-11-21(15-19)14-17-20-10-13-22(17)4-2/h10,13H,3-9,11-12,14-16H2,1-2H3/t19-/m1/s1. The minimum atomic E-state index is 0.309. The molecule has 2 fully saturated rings. The van der Waals surface area contributed by atoms with Gasteiger partial charge in [-0.25, -0.2) is 4.98 Å². The van der Waals surface area contributed by atoms with Gasteiger partial charge in [0.05, 0.1) is 6.54 Å². The number of carbonyl (C=O) groups excluding carboxylic acids is 1. The van der Waals surface area contributed by atoms with Crippen LogP contribution in [0, 0.1) is 5.41 Å². The summed E-state index contributed by atoms with van der Waals surface area (Å²) < 4.78 is 2.24. The van der Waals surface area contributed by atoms with E-state index in [1.807, 2.05) is 6.20 Å². The highest BCUT2D eigenvalue weighted by atomic mass is 16.2. The Balaban J connectivity index is 1.64. The number of amides is 1. The maximum absolute atomic E-state index is 12.2. The molecule has 2 saturated heterocycles. The molecule has 1 aromatic rings. The van der Waals surface area contributed by atoms with E-state index in [0.29, 0.717) is 11.3 Å². The number of imidazole rings is 1. The Hall–Kier alpha value is -1.36. The average Bonchev–Trinajstić information content (AvgIpc) is 3.03. The Morgan fingerprint density at radius 2 is 2.12 bits per heavy atom. The van der Waals surface area contributed by atoms with Crippen molar-refractivity contribution >= 4 is 5.91 Å². The van der Waals surface area contributed by atoms with Crippen LogP contribution in [0.5, 0.6) is 0 Å². The fourth-order valence-corrected chi connectivity index (χ4v) is 4.41. The van der Waals surface area contributed by atoms with Crippen LogP contribution in [0.2, 0.25) is 0 Å². The lowest BCUT2D eigenvalue weighted by molar-refractivity contribution is -0.139. The molecular formula is C19H32N4O. The molecule has 1 aromatic heterocycles. The number of likely N-dealkylation sites (tertiary alicyclic amines) is 2. The minimum Gasteiger partial charge on any atom is -0.342 e. The smallest absolute Gasteiger partial charge is 0.222 e. The first-order chi connectivity index (χ1) is 11.7. The molecule has 1 amide bonds. The zero-order valence-electron chi connectivity index (χ0n) is 15.3.